The Morgan fingerprint density at radius 3 is 1.53 bits per heavy atom. The summed E-state index contributed by atoms with van der Waals surface area (Å²) in [5.74, 6) is -0.123. The lowest BCUT2D eigenvalue weighted by molar-refractivity contribution is -0.117. The topological polar surface area (TPSA) is 75.3 Å². The first-order chi connectivity index (χ1) is 8.22. The molecule has 0 saturated carbocycles. The summed E-state index contributed by atoms with van der Waals surface area (Å²) in [5, 5.41) is 3.61. The molecule has 0 heterocycles. The fourth-order valence-corrected chi connectivity index (χ4v) is 1.83. The number of carbonyl (C=O) groups is 1. The van der Waals surface area contributed by atoms with Crippen molar-refractivity contribution < 1.29 is 13.2 Å². The van der Waals surface area contributed by atoms with Gasteiger partial charge in [0.15, 0.2) is 0 Å². The molecule has 0 aromatic heterocycles. The zero-order chi connectivity index (χ0) is 15.9. The average Bonchev–Trinajstić information content (AvgIpc) is 2.12. The monoisotopic (exact) mass is 290 g/mol. The summed E-state index contributed by atoms with van der Waals surface area (Å²) >= 11 is 0. The second-order valence-electron chi connectivity index (χ2n) is 6.01. The third-order valence-electron chi connectivity index (χ3n) is 1.35. The van der Waals surface area contributed by atoms with E-state index in [0.717, 1.165) is 5.41 Å². The van der Waals surface area contributed by atoms with Gasteiger partial charge in [0.1, 0.15) is 0 Å². The Balaban J connectivity index is 0. The highest BCUT2D eigenvalue weighted by Crippen LogP contribution is 2.01. The first kappa shape index (κ1) is 20.2. The number of nitrogens with one attached hydrogen (secondary N) is 2. The zero-order valence-electron chi connectivity index (χ0n) is 12.7. The second-order valence-corrected chi connectivity index (χ2v) is 7.63. The lowest BCUT2D eigenvalue weighted by Crippen LogP contribution is -2.39. The normalized spacial score (nSPS) is 11.9. The summed E-state index contributed by atoms with van der Waals surface area (Å²) in [4.78, 5) is 10.6. The van der Waals surface area contributed by atoms with Gasteiger partial charge in [0, 0.05) is 16.5 Å². The summed E-state index contributed by atoms with van der Waals surface area (Å²) in [7, 11) is -3.26. The largest absolute Gasteiger partial charge is 0.348 e. The highest BCUT2D eigenvalue weighted by Gasteiger charge is 2.16. The Kier molecular flexibility index (Phi) is 7.91. The van der Waals surface area contributed by atoms with Crippen molar-refractivity contribution in [1.82, 2.24) is 10.0 Å². The minimum absolute atomic E-state index is 0.123. The van der Waals surface area contributed by atoms with E-state index in [4.69, 9.17) is 0 Å². The van der Waals surface area contributed by atoms with Crippen molar-refractivity contribution in [3.8, 4) is 0 Å². The van der Waals surface area contributed by atoms with Gasteiger partial charge in [-0.25, -0.2) is 13.1 Å². The summed E-state index contributed by atoms with van der Waals surface area (Å²) in [5.41, 5.74) is -0.571. The van der Waals surface area contributed by atoms with Crippen LogP contribution in [0.2, 0.25) is 0 Å². The van der Waals surface area contributed by atoms with Crippen LogP contribution in [0.1, 0.15) is 41.5 Å². The standard InChI is InChI=1S/C7H13NO.C6H13NO2S/c1-5-6(9)8-7(2,3)4;1-5-10(8,9)7-6(2,3)4/h5H,1H2,2-4H3,(H,8,9);5,7H,1H2,2-4H3. The maximum absolute atomic E-state index is 10.8. The van der Waals surface area contributed by atoms with Gasteiger partial charge in [0.2, 0.25) is 15.9 Å². The molecule has 0 rings (SSSR count). The Hall–Kier alpha value is -1.14. The number of amides is 1. The van der Waals surface area contributed by atoms with Crippen LogP contribution < -0.4 is 10.0 Å². The van der Waals surface area contributed by atoms with Crippen LogP contribution in [-0.4, -0.2) is 25.4 Å². The molecule has 0 aromatic rings. The molecule has 0 unspecified atom stereocenters. The van der Waals surface area contributed by atoms with Crippen LogP contribution in [0.25, 0.3) is 0 Å². The van der Waals surface area contributed by atoms with E-state index in [1.165, 1.54) is 6.08 Å². The van der Waals surface area contributed by atoms with Gasteiger partial charge in [-0.1, -0.05) is 13.2 Å². The smallest absolute Gasteiger partial charge is 0.243 e. The molecule has 1 amide bonds. The van der Waals surface area contributed by atoms with Crippen LogP contribution in [0.5, 0.6) is 0 Å². The molecule has 0 aliphatic rings. The van der Waals surface area contributed by atoms with Crippen LogP contribution in [-0.2, 0) is 14.8 Å². The van der Waals surface area contributed by atoms with Crippen molar-refractivity contribution in [1.29, 1.82) is 0 Å². The van der Waals surface area contributed by atoms with Crippen LogP contribution in [0.3, 0.4) is 0 Å². The van der Waals surface area contributed by atoms with Gasteiger partial charge in [-0.15, -0.1) is 0 Å². The van der Waals surface area contributed by atoms with Crippen molar-refractivity contribution in [3.05, 3.63) is 24.6 Å². The van der Waals surface area contributed by atoms with Crippen molar-refractivity contribution in [3.63, 3.8) is 0 Å². The maximum Gasteiger partial charge on any atom is 0.243 e. The molecule has 5 nitrogen and oxygen atoms in total. The molecular formula is C13H26N2O3S. The van der Waals surface area contributed by atoms with E-state index in [9.17, 15) is 13.2 Å². The summed E-state index contributed by atoms with van der Waals surface area (Å²) in [6.45, 7) is 17.6. The molecule has 0 aromatic carbocycles. The lowest BCUT2D eigenvalue weighted by Gasteiger charge is -2.18. The number of rotatable bonds is 3. The summed E-state index contributed by atoms with van der Waals surface area (Å²) < 4.78 is 24.0. The molecule has 0 fully saturated rings. The first-order valence-electron chi connectivity index (χ1n) is 5.83. The van der Waals surface area contributed by atoms with Gasteiger partial charge in [-0.05, 0) is 47.6 Å². The fourth-order valence-electron chi connectivity index (χ4n) is 0.889. The predicted octanol–water partition coefficient (Wildman–Crippen LogP) is 1.93. The van der Waals surface area contributed by atoms with Crippen LogP contribution in [0, 0.1) is 0 Å². The van der Waals surface area contributed by atoms with Gasteiger partial charge in [-0.3, -0.25) is 4.79 Å². The molecule has 0 saturated heterocycles. The third kappa shape index (κ3) is 16.9. The molecule has 0 bridgehead atoms. The van der Waals surface area contributed by atoms with E-state index in [2.05, 4.69) is 23.2 Å². The minimum Gasteiger partial charge on any atom is -0.348 e. The molecule has 0 aliphatic heterocycles. The Bertz CT molecular complexity index is 412. The molecule has 6 heteroatoms. The van der Waals surface area contributed by atoms with Crippen LogP contribution in [0.15, 0.2) is 24.6 Å². The highest BCUT2D eigenvalue weighted by atomic mass is 32.2. The molecular weight excluding hydrogens is 264 g/mol. The zero-order valence-corrected chi connectivity index (χ0v) is 13.5. The number of sulfonamides is 1. The summed E-state index contributed by atoms with van der Waals surface area (Å²) in [6, 6.07) is 0. The van der Waals surface area contributed by atoms with Gasteiger partial charge < -0.3 is 5.32 Å². The number of carbonyl (C=O) groups excluding carboxylic acids is 1. The molecule has 19 heavy (non-hydrogen) atoms. The van der Waals surface area contributed by atoms with E-state index < -0.39 is 15.6 Å². The third-order valence-corrected chi connectivity index (χ3v) is 2.69. The van der Waals surface area contributed by atoms with E-state index in [1.54, 1.807) is 20.8 Å². The molecule has 0 radical (unpaired) electrons. The summed E-state index contributed by atoms with van der Waals surface area (Å²) in [6.07, 6.45) is 1.27. The Morgan fingerprint density at radius 1 is 1.00 bits per heavy atom. The van der Waals surface area contributed by atoms with Gasteiger partial charge in [0.25, 0.3) is 0 Å². The minimum atomic E-state index is -3.26. The van der Waals surface area contributed by atoms with E-state index in [0.29, 0.717) is 0 Å². The van der Waals surface area contributed by atoms with E-state index in [1.807, 2.05) is 20.8 Å². The Morgan fingerprint density at radius 2 is 1.42 bits per heavy atom. The van der Waals surface area contributed by atoms with Gasteiger partial charge >= 0.3 is 0 Å². The van der Waals surface area contributed by atoms with Crippen molar-refractivity contribution in [2.24, 2.45) is 0 Å². The maximum atomic E-state index is 10.8. The molecule has 0 aliphatic carbocycles. The second kappa shape index (κ2) is 7.45. The van der Waals surface area contributed by atoms with Crippen molar-refractivity contribution >= 4 is 15.9 Å². The van der Waals surface area contributed by atoms with Crippen LogP contribution >= 0.6 is 0 Å². The molecule has 2 N–H and O–H groups in total. The SMILES string of the molecule is C=CC(=O)NC(C)(C)C.C=CS(=O)(=O)NC(C)(C)C. The van der Waals surface area contributed by atoms with E-state index in [-0.39, 0.29) is 11.4 Å². The van der Waals surface area contributed by atoms with Crippen molar-refractivity contribution in [2.45, 2.75) is 52.6 Å². The van der Waals surface area contributed by atoms with Gasteiger partial charge in [0.05, 0.1) is 0 Å². The highest BCUT2D eigenvalue weighted by molar-refractivity contribution is 7.92. The predicted molar refractivity (Wildman–Crippen MR) is 80.1 cm³/mol. The van der Waals surface area contributed by atoms with Crippen LogP contribution in [0.4, 0.5) is 0 Å². The molecule has 0 atom stereocenters. The number of hydrogen-bond acceptors (Lipinski definition) is 3. The average molecular weight is 290 g/mol. The Labute approximate surface area is 117 Å². The van der Waals surface area contributed by atoms with E-state index >= 15 is 0 Å². The lowest BCUT2D eigenvalue weighted by atomic mass is 10.1. The molecule has 112 valence electrons. The van der Waals surface area contributed by atoms with Crippen molar-refractivity contribution in [2.75, 3.05) is 0 Å². The quantitative estimate of drug-likeness (QED) is 0.780. The van der Waals surface area contributed by atoms with Gasteiger partial charge in [-0.2, -0.15) is 0 Å². The molecule has 0 spiro atoms. The first-order valence-corrected chi connectivity index (χ1v) is 7.38. The fraction of sp³-hybridized carbons (Fsp3) is 0.615. The number of hydrogen-bond donors (Lipinski definition) is 2.